The van der Waals surface area contributed by atoms with Gasteiger partial charge in [0.15, 0.2) is 0 Å². The molecule has 0 aliphatic heterocycles. The summed E-state index contributed by atoms with van der Waals surface area (Å²) in [5, 5.41) is 9.20. The standard InChI is InChI=1S/C8H17NO2/c1-3-6(8(9)11)5-7(10)4-2/h6-7,10H,3-5H2,1-2H3,(H2,9,11). The molecule has 3 nitrogen and oxygen atoms in total. The van der Waals surface area contributed by atoms with E-state index in [-0.39, 0.29) is 17.9 Å². The van der Waals surface area contributed by atoms with Crippen LogP contribution in [0.1, 0.15) is 33.1 Å². The second kappa shape index (κ2) is 5.13. The minimum absolute atomic E-state index is 0.162. The Balaban J connectivity index is 3.77. The summed E-state index contributed by atoms with van der Waals surface area (Å²) in [6.07, 6.45) is 1.52. The van der Waals surface area contributed by atoms with Gasteiger partial charge in [-0.05, 0) is 19.3 Å². The van der Waals surface area contributed by atoms with Crippen LogP contribution in [-0.2, 0) is 4.79 Å². The third kappa shape index (κ3) is 3.98. The minimum Gasteiger partial charge on any atom is -0.393 e. The van der Waals surface area contributed by atoms with Gasteiger partial charge in [0.1, 0.15) is 0 Å². The van der Waals surface area contributed by atoms with Crippen molar-refractivity contribution in [3.63, 3.8) is 0 Å². The first-order valence-corrected chi connectivity index (χ1v) is 4.09. The van der Waals surface area contributed by atoms with E-state index in [0.29, 0.717) is 19.3 Å². The zero-order chi connectivity index (χ0) is 8.85. The van der Waals surface area contributed by atoms with E-state index < -0.39 is 0 Å². The fraction of sp³-hybridized carbons (Fsp3) is 0.875. The molecule has 2 unspecified atom stereocenters. The third-order valence-electron chi connectivity index (χ3n) is 1.92. The van der Waals surface area contributed by atoms with Crippen molar-refractivity contribution in [3.05, 3.63) is 0 Å². The topological polar surface area (TPSA) is 63.3 Å². The number of rotatable bonds is 5. The van der Waals surface area contributed by atoms with Crippen molar-refractivity contribution in [2.75, 3.05) is 0 Å². The van der Waals surface area contributed by atoms with Crippen LogP contribution < -0.4 is 5.73 Å². The molecule has 66 valence electrons. The van der Waals surface area contributed by atoms with Gasteiger partial charge in [-0.3, -0.25) is 4.79 Å². The van der Waals surface area contributed by atoms with Crippen LogP contribution in [0.25, 0.3) is 0 Å². The van der Waals surface area contributed by atoms with Crippen molar-refractivity contribution >= 4 is 5.91 Å². The minimum atomic E-state index is -0.382. The molecule has 0 bridgehead atoms. The molecule has 3 N–H and O–H groups in total. The molecule has 0 aromatic heterocycles. The Morgan fingerprint density at radius 2 is 2.00 bits per heavy atom. The Labute approximate surface area is 67.6 Å². The van der Waals surface area contributed by atoms with Crippen molar-refractivity contribution in [1.82, 2.24) is 0 Å². The fourth-order valence-electron chi connectivity index (χ4n) is 0.979. The van der Waals surface area contributed by atoms with E-state index in [1.807, 2.05) is 13.8 Å². The summed E-state index contributed by atoms with van der Waals surface area (Å²) in [7, 11) is 0. The van der Waals surface area contributed by atoms with Gasteiger partial charge in [-0.15, -0.1) is 0 Å². The van der Waals surface area contributed by atoms with Crippen LogP contribution in [0.2, 0.25) is 0 Å². The van der Waals surface area contributed by atoms with Gasteiger partial charge >= 0.3 is 0 Å². The number of hydrogen-bond donors (Lipinski definition) is 2. The highest BCUT2D eigenvalue weighted by atomic mass is 16.3. The molecule has 1 amide bonds. The van der Waals surface area contributed by atoms with Crippen molar-refractivity contribution in [2.24, 2.45) is 11.7 Å². The Bertz CT molecular complexity index is 125. The molecule has 0 aromatic carbocycles. The molecule has 0 aliphatic rings. The maximum absolute atomic E-state index is 10.7. The number of carbonyl (C=O) groups is 1. The summed E-state index contributed by atoms with van der Waals surface area (Å²) in [6, 6.07) is 0. The van der Waals surface area contributed by atoms with E-state index in [1.54, 1.807) is 0 Å². The molecule has 0 rings (SSSR count). The van der Waals surface area contributed by atoms with E-state index in [4.69, 9.17) is 5.73 Å². The van der Waals surface area contributed by atoms with Gasteiger partial charge in [0.05, 0.1) is 6.10 Å². The summed E-state index contributed by atoms with van der Waals surface area (Å²) in [6.45, 7) is 3.79. The highest BCUT2D eigenvalue weighted by Gasteiger charge is 2.16. The molecule has 0 aromatic rings. The zero-order valence-electron chi connectivity index (χ0n) is 7.21. The number of hydrogen-bond acceptors (Lipinski definition) is 2. The van der Waals surface area contributed by atoms with E-state index in [1.165, 1.54) is 0 Å². The molecule has 0 spiro atoms. The first kappa shape index (κ1) is 10.4. The van der Waals surface area contributed by atoms with Gasteiger partial charge in [0, 0.05) is 5.92 Å². The lowest BCUT2D eigenvalue weighted by Gasteiger charge is -2.13. The molecule has 0 saturated carbocycles. The summed E-state index contributed by atoms with van der Waals surface area (Å²) in [5.41, 5.74) is 5.10. The number of nitrogens with two attached hydrogens (primary N) is 1. The van der Waals surface area contributed by atoms with Gasteiger partial charge < -0.3 is 10.8 Å². The van der Waals surface area contributed by atoms with E-state index in [9.17, 15) is 9.90 Å². The number of amides is 1. The molecule has 3 heteroatoms. The molecule has 0 radical (unpaired) electrons. The van der Waals surface area contributed by atoms with Crippen molar-refractivity contribution in [2.45, 2.75) is 39.2 Å². The highest BCUT2D eigenvalue weighted by molar-refractivity contribution is 5.76. The number of aliphatic hydroxyl groups excluding tert-OH is 1. The maximum atomic E-state index is 10.7. The maximum Gasteiger partial charge on any atom is 0.220 e. The average molecular weight is 159 g/mol. The summed E-state index contributed by atoms with van der Waals surface area (Å²) < 4.78 is 0. The molecule has 0 heterocycles. The quantitative estimate of drug-likeness (QED) is 0.619. The van der Waals surface area contributed by atoms with E-state index in [0.717, 1.165) is 0 Å². The second-order valence-corrected chi connectivity index (χ2v) is 2.81. The van der Waals surface area contributed by atoms with Crippen molar-refractivity contribution in [1.29, 1.82) is 0 Å². The molecule has 11 heavy (non-hydrogen) atoms. The largest absolute Gasteiger partial charge is 0.393 e. The smallest absolute Gasteiger partial charge is 0.220 e. The van der Waals surface area contributed by atoms with Crippen LogP contribution >= 0.6 is 0 Å². The molecule has 2 atom stereocenters. The molecular formula is C8H17NO2. The number of carbonyl (C=O) groups excluding carboxylic acids is 1. The lowest BCUT2D eigenvalue weighted by molar-refractivity contribution is -0.122. The molecule has 0 aliphatic carbocycles. The second-order valence-electron chi connectivity index (χ2n) is 2.81. The lowest BCUT2D eigenvalue weighted by Crippen LogP contribution is -2.26. The molecule has 0 saturated heterocycles. The predicted octanol–water partition coefficient (Wildman–Crippen LogP) is 0.659. The summed E-state index contributed by atoms with van der Waals surface area (Å²) >= 11 is 0. The Hall–Kier alpha value is -0.570. The monoisotopic (exact) mass is 159 g/mol. The van der Waals surface area contributed by atoms with Gasteiger partial charge in [-0.1, -0.05) is 13.8 Å². The normalized spacial score (nSPS) is 15.9. The summed E-state index contributed by atoms with van der Waals surface area (Å²) in [4.78, 5) is 10.7. The van der Waals surface area contributed by atoms with Crippen LogP contribution in [0.5, 0.6) is 0 Å². The van der Waals surface area contributed by atoms with Crippen LogP contribution in [0.15, 0.2) is 0 Å². The third-order valence-corrected chi connectivity index (χ3v) is 1.92. The van der Waals surface area contributed by atoms with Crippen LogP contribution in [-0.4, -0.2) is 17.1 Å². The molecule has 0 fully saturated rings. The van der Waals surface area contributed by atoms with E-state index in [2.05, 4.69) is 0 Å². The summed E-state index contributed by atoms with van der Waals surface area (Å²) in [5.74, 6) is -0.468. The van der Waals surface area contributed by atoms with Crippen LogP contribution in [0.4, 0.5) is 0 Å². The Kier molecular flexibility index (Phi) is 4.86. The van der Waals surface area contributed by atoms with E-state index >= 15 is 0 Å². The SMILES string of the molecule is CCC(O)CC(CC)C(N)=O. The van der Waals surface area contributed by atoms with Crippen molar-refractivity contribution < 1.29 is 9.90 Å². The van der Waals surface area contributed by atoms with Gasteiger partial charge in [0.2, 0.25) is 5.91 Å². The number of primary amides is 1. The molecular weight excluding hydrogens is 142 g/mol. The van der Waals surface area contributed by atoms with Crippen LogP contribution in [0.3, 0.4) is 0 Å². The zero-order valence-corrected chi connectivity index (χ0v) is 7.21. The fourth-order valence-corrected chi connectivity index (χ4v) is 0.979. The van der Waals surface area contributed by atoms with Crippen molar-refractivity contribution in [3.8, 4) is 0 Å². The lowest BCUT2D eigenvalue weighted by atomic mass is 9.97. The Morgan fingerprint density at radius 1 is 1.45 bits per heavy atom. The number of aliphatic hydroxyl groups is 1. The van der Waals surface area contributed by atoms with Gasteiger partial charge in [-0.25, -0.2) is 0 Å². The predicted molar refractivity (Wildman–Crippen MR) is 43.9 cm³/mol. The first-order chi connectivity index (χ1) is 5.11. The average Bonchev–Trinajstić information content (AvgIpc) is 1.99. The first-order valence-electron chi connectivity index (χ1n) is 4.09. The van der Waals surface area contributed by atoms with Gasteiger partial charge in [-0.2, -0.15) is 0 Å². The Morgan fingerprint density at radius 3 is 2.27 bits per heavy atom. The highest BCUT2D eigenvalue weighted by Crippen LogP contribution is 2.11. The van der Waals surface area contributed by atoms with Gasteiger partial charge in [0.25, 0.3) is 0 Å². The van der Waals surface area contributed by atoms with Crippen LogP contribution in [0, 0.1) is 5.92 Å².